The van der Waals surface area contributed by atoms with Crippen LogP contribution >= 0.6 is 0 Å². The quantitative estimate of drug-likeness (QED) is 0.550. The number of hydrazine groups is 1. The highest BCUT2D eigenvalue weighted by atomic mass is 15.5. The zero-order valence-electron chi connectivity index (χ0n) is 6.23. The zero-order chi connectivity index (χ0) is 6.57. The standard InChI is InChI=1S/C6H16N2/c1-5-8(7-4)6(2)3/h6-7H,5H2,1-4H3. The van der Waals surface area contributed by atoms with Crippen molar-refractivity contribution in [3.05, 3.63) is 0 Å². The van der Waals surface area contributed by atoms with Gasteiger partial charge in [-0.1, -0.05) is 6.92 Å². The predicted octanol–water partition coefficient (Wildman–Crippen LogP) is 0.851. The minimum absolute atomic E-state index is 0.602. The molecule has 0 aromatic heterocycles. The maximum absolute atomic E-state index is 3.08. The molecule has 0 aliphatic carbocycles. The lowest BCUT2D eigenvalue weighted by Gasteiger charge is -2.22. The van der Waals surface area contributed by atoms with Gasteiger partial charge in [-0.25, -0.2) is 5.01 Å². The largest absolute Gasteiger partial charge is 0.258 e. The van der Waals surface area contributed by atoms with Crippen LogP contribution in [0.25, 0.3) is 0 Å². The first-order chi connectivity index (χ1) is 3.72. The van der Waals surface area contributed by atoms with Gasteiger partial charge in [0, 0.05) is 12.6 Å². The molecule has 0 bridgehead atoms. The van der Waals surface area contributed by atoms with E-state index in [4.69, 9.17) is 0 Å². The maximum atomic E-state index is 3.08. The molecule has 0 fully saturated rings. The van der Waals surface area contributed by atoms with E-state index in [1.54, 1.807) is 0 Å². The molecule has 0 heterocycles. The fourth-order valence-corrected chi connectivity index (χ4v) is 0.781. The fraction of sp³-hybridized carbons (Fsp3) is 1.00. The summed E-state index contributed by atoms with van der Waals surface area (Å²) in [6.07, 6.45) is 0. The van der Waals surface area contributed by atoms with E-state index >= 15 is 0 Å². The maximum Gasteiger partial charge on any atom is 0.0186 e. The third-order valence-corrected chi connectivity index (χ3v) is 1.25. The molecule has 0 rings (SSSR count). The number of nitrogens with one attached hydrogen (secondary N) is 1. The molecule has 0 saturated heterocycles. The lowest BCUT2D eigenvalue weighted by molar-refractivity contribution is 0.171. The molecule has 0 aromatic rings. The molecular formula is C6H16N2. The summed E-state index contributed by atoms with van der Waals surface area (Å²) >= 11 is 0. The van der Waals surface area contributed by atoms with Crippen molar-refractivity contribution in [1.29, 1.82) is 0 Å². The fourth-order valence-electron chi connectivity index (χ4n) is 0.781. The van der Waals surface area contributed by atoms with Gasteiger partial charge in [0.15, 0.2) is 0 Å². The summed E-state index contributed by atoms with van der Waals surface area (Å²) in [5, 5.41) is 2.17. The molecule has 1 N–H and O–H groups in total. The smallest absolute Gasteiger partial charge is 0.0186 e. The van der Waals surface area contributed by atoms with Crippen LogP contribution in [0.4, 0.5) is 0 Å². The minimum atomic E-state index is 0.602. The Balaban J connectivity index is 3.35. The summed E-state index contributed by atoms with van der Waals surface area (Å²) in [4.78, 5) is 0. The Bertz CT molecular complexity index is 48.5. The summed E-state index contributed by atoms with van der Waals surface area (Å²) < 4.78 is 0. The summed E-state index contributed by atoms with van der Waals surface area (Å²) in [6, 6.07) is 0.602. The Morgan fingerprint density at radius 3 is 2.00 bits per heavy atom. The Morgan fingerprint density at radius 1 is 1.50 bits per heavy atom. The van der Waals surface area contributed by atoms with E-state index in [1.807, 2.05) is 7.05 Å². The molecule has 50 valence electrons. The van der Waals surface area contributed by atoms with Crippen molar-refractivity contribution in [1.82, 2.24) is 10.4 Å². The number of nitrogens with zero attached hydrogens (tertiary/aromatic N) is 1. The topological polar surface area (TPSA) is 15.3 Å². The zero-order valence-corrected chi connectivity index (χ0v) is 6.23. The van der Waals surface area contributed by atoms with Crippen LogP contribution in [0.5, 0.6) is 0 Å². The van der Waals surface area contributed by atoms with Gasteiger partial charge in [0.2, 0.25) is 0 Å². The molecule has 2 nitrogen and oxygen atoms in total. The number of hydrogen-bond donors (Lipinski definition) is 1. The van der Waals surface area contributed by atoms with Crippen LogP contribution in [-0.2, 0) is 0 Å². The van der Waals surface area contributed by atoms with E-state index in [0.717, 1.165) is 6.54 Å². The van der Waals surface area contributed by atoms with Gasteiger partial charge in [-0.15, -0.1) is 0 Å². The molecule has 0 unspecified atom stereocenters. The molecule has 0 atom stereocenters. The average Bonchev–Trinajstić information content (AvgIpc) is 1.69. The molecule has 0 amide bonds. The molecule has 0 spiro atoms. The van der Waals surface area contributed by atoms with Crippen LogP contribution in [0.1, 0.15) is 20.8 Å². The van der Waals surface area contributed by atoms with Crippen molar-refractivity contribution in [2.24, 2.45) is 0 Å². The van der Waals surface area contributed by atoms with Crippen molar-refractivity contribution in [3.8, 4) is 0 Å². The van der Waals surface area contributed by atoms with Crippen LogP contribution in [0.15, 0.2) is 0 Å². The lowest BCUT2D eigenvalue weighted by atomic mass is 10.4. The highest BCUT2D eigenvalue weighted by Crippen LogP contribution is 1.89. The predicted molar refractivity (Wildman–Crippen MR) is 36.6 cm³/mol. The first-order valence-electron chi connectivity index (χ1n) is 3.16. The third kappa shape index (κ3) is 2.28. The number of hydrogen-bond acceptors (Lipinski definition) is 2. The molecule has 8 heavy (non-hydrogen) atoms. The van der Waals surface area contributed by atoms with Gasteiger partial charge in [0.1, 0.15) is 0 Å². The van der Waals surface area contributed by atoms with E-state index in [-0.39, 0.29) is 0 Å². The van der Waals surface area contributed by atoms with Crippen molar-refractivity contribution in [2.75, 3.05) is 13.6 Å². The van der Waals surface area contributed by atoms with E-state index in [9.17, 15) is 0 Å². The SMILES string of the molecule is CCN(NC)C(C)C. The van der Waals surface area contributed by atoms with Crippen molar-refractivity contribution in [2.45, 2.75) is 26.8 Å². The third-order valence-electron chi connectivity index (χ3n) is 1.25. The van der Waals surface area contributed by atoms with E-state index in [0.29, 0.717) is 6.04 Å². The molecule has 0 aliphatic heterocycles. The molecule has 0 aromatic carbocycles. The summed E-state index contributed by atoms with van der Waals surface area (Å²) in [5.74, 6) is 0. The molecule has 0 radical (unpaired) electrons. The van der Waals surface area contributed by atoms with Crippen LogP contribution < -0.4 is 5.43 Å². The van der Waals surface area contributed by atoms with Crippen LogP contribution in [0.3, 0.4) is 0 Å². The van der Waals surface area contributed by atoms with Gasteiger partial charge in [-0.2, -0.15) is 0 Å². The second kappa shape index (κ2) is 3.87. The van der Waals surface area contributed by atoms with Crippen LogP contribution in [0, 0.1) is 0 Å². The Labute approximate surface area is 51.8 Å². The first kappa shape index (κ1) is 7.92. The first-order valence-corrected chi connectivity index (χ1v) is 3.16. The lowest BCUT2D eigenvalue weighted by Crippen LogP contribution is -2.40. The summed E-state index contributed by atoms with van der Waals surface area (Å²) in [6.45, 7) is 7.53. The monoisotopic (exact) mass is 116 g/mol. The second-order valence-electron chi connectivity index (χ2n) is 2.10. The van der Waals surface area contributed by atoms with Crippen molar-refractivity contribution < 1.29 is 0 Å². The summed E-state index contributed by atoms with van der Waals surface area (Å²) in [7, 11) is 1.95. The number of rotatable bonds is 3. The van der Waals surface area contributed by atoms with E-state index < -0.39 is 0 Å². The van der Waals surface area contributed by atoms with Gasteiger partial charge in [0.25, 0.3) is 0 Å². The minimum Gasteiger partial charge on any atom is -0.258 e. The average molecular weight is 116 g/mol. The van der Waals surface area contributed by atoms with Gasteiger partial charge in [-0.3, -0.25) is 5.43 Å². The highest BCUT2D eigenvalue weighted by Gasteiger charge is 2.00. The van der Waals surface area contributed by atoms with E-state index in [1.165, 1.54) is 0 Å². The van der Waals surface area contributed by atoms with Crippen LogP contribution in [0.2, 0.25) is 0 Å². The Morgan fingerprint density at radius 2 is 2.00 bits per heavy atom. The molecule has 0 saturated carbocycles. The second-order valence-corrected chi connectivity index (χ2v) is 2.10. The van der Waals surface area contributed by atoms with E-state index in [2.05, 4.69) is 31.2 Å². The molecular weight excluding hydrogens is 100 g/mol. The van der Waals surface area contributed by atoms with Gasteiger partial charge < -0.3 is 0 Å². The Kier molecular flexibility index (Phi) is 3.83. The van der Waals surface area contributed by atoms with Gasteiger partial charge in [-0.05, 0) is 20.9 Å². The van der Waals surface area contributed by atoms with Crippen molar-refractivity contribution >= 4 is 0 Å². The molecule has 2 heteroatoms. The Hall–Kier alpha value is -0.0800. The molecule has 0 aliphatic rings. The highest BCUT2D eigenvalue weighted by molar-refractivity contribution is 4.51. The van der Waals surface area contributed by atoms with Crippen molar-refractivity contribution in [3.63, 3.8) is 0 Å². The van der Waals surface area contributed by atoms with Gasteiger partial charge in [0.05, 0.1) is 0 Å². The summed E-state index contributed by atoms with van der Waals surface area (Å²) in [5.41, 5.74) is 3.08. The van der Waals surface area contributed by atoms with Gasteiger partial charge >= 0.3 is 0 Å². The normalized spacial score (nSPS) is 11.2. The van der Waals surface area contributed by atoms with Crippen LogP contribution in [-0.4, -0.2) is 24.6 Å².